The smallest absolute Gasteiger partial charge is 0.217 e. The maximum absolute atomic E-state index is 12.6. The van der Waals surface area contributed by atoms with Crippen LogP contribution < -0.4 is 0 Å². The van der Waals surface area contributed by atoms with Gasteiger partial charge in [0.05, 0.1) is 5.25 Å². The highest BCUT2D eigenvalue weighted by atomic mass is 32.2. The fourth-order valence-corrected chi connectivity index (χ4v) is 6.30. The lowest BCUT2D eigenvalue weighted by molar-refractivity contribution is 0.287. The number of rotatable bonds is 3. The zero-order valence-corrected chi connectivity index (χ0v) is 14.2. The van der Waals surface area contributed by atoms with Crippen LogP contribution in [0.2, 0.25) is 0 Å². The van der Waals surface area contributed by atoms with Crippen molar-refractivity contribution in [2.75, 3.05) is 13.1 Å². The Morgan fingerprint density at radius 1 is 1.26 bits per heavy atom. The van der Waals surface area contributed by atoms with E-state index in [4.69, 9.17) is 0 Å². The molecule has 0 bridgehead atoms. The van der Waals surface area contributed by atoms with Crippen LogP contribution in [0.3, 0.4) is 0 Å². The van der Waals surface area contributed by atoms with Crippen molar-refractivity contribution in [1.82, 2.24) is 14.3 Å². The largest absolute Gasteiger partial charge is 0.346 e. The second kappa shape index (κ2) is 5.60. The van der Waals surface area contributed by atoms with Crippen LogP contribution in [0.5, 0.6) is 0 Å². The van der Waals surface area contributed by atoms with E-state index in [0.29, 0.717) is 24.9 Å². The Balaban J connectivity index is 1.47. The van der Waals surface area contributed by atoms with Crippen molar-refractivity contribution in [3.63, 3.8) is 0 Å². The van der Waals surface area contributed by atoms with Gasteiger partial charge in [-0.05, 0) is 55.2 Å². The lowest BCUT2D eigenvalue weighted by Gasteiger charge is -2.39. The molecule has 2 aromatic heterocycles. The van der Waals surface area contributed by atoms with Gasteiger partial charge in [-0.2, -0.15) is 0 Å². The van der Waals surface area contributed by atoms with Crippen molar-refractivity contribution in [3.05, 3.63) is 30.1 Å². The fraction of sp³-hybridized carbons (Fsp3) is 0.588. The van der Waals surface area contributed by atoms with Crippen LogP contribution in [-0.4, -0.2) is 41.0 Å². The second-order valence-corrected chi connectivity index (χ2v) is 9.27. The Kier molecular flexibility index (Phi) is 3.69. The molecule has 0 aromatic carbocycles. The van der Waals surface area contributed by atoms with Gasteiger partial charge in [0.2, 0.25) is 10.0 Å². The lowest BCUT2D eigenvalue weighted by atomic mass is 9.87. The number of aromatic amines is 1. The molecule has 3 heterocycles. The summed E-state index contributed by atoms with van der Waals surface area (Å²) in [6.45, 7) is 3.42. The Hall–Kier alpha value is -1.40. The molecule has 0 atom stereocenters. The third kappa shape index (κ3) is 2.58. The highest BCUT2D eigenvalue weighted by Crippen LogP contribution is 2.38. The molecule has 6 heteroatoms. The van der Waals surface area contributed by atoms with Gasteiger partial charge in [-0.1, -0.05) is 6.92 Å². The number of H-pyrrole nitrogens is 1. The highest BCUT2D eigenvalue weighted by molar-refractivity contribution is 7.89. The molecule has 23 heavy (non-hydrogen) atoms. The summed E-state index contributed by atoms with van der Waals surface area (Å²) >= 11 is 0. The molecule has 2 fully saturated rings. The Morgan fingerprint density at radius 2 is 2.00 bits per heavy atom. The van der Waals surface area contributed by atoms with Crippen molar-refractivity contribution in [1.29, 1.82) is 0 Å². The maximum Gasteiger partial charge on any atom is 0.217 e. The van der Waals surface area contributed by atoms with Crippen LogP contribution in [0.1, 0.15) is 44.1 Å². The van der Waals surface area contributed by atoms with Crippen LogP contribution in [0.25, 0.3) is 11.0 Å². The van der Waals surface area contributed by atoms with Gasteiger partial charge in [-0.25, -0.2) is 17.7 Å². The number of hydrogen-bond donors (Lipinski definition) is 1. The minimum absolute atomic E-state index is 0.133. The number of pyridine rings is 1. The van der Waals surface area contributed by atoms with Gasteiger partial charge < -0.3 is 4.98 Å². The molecule has 0 amide bonds. The van der Waals surface area contributed by atoms with E-state index in [9.17, 15) is 8.42 Å². The number of hydrogen-bond acceptors (Lipinski definition) is 3. The number of nitrogens with one attached hydrogen (secondary N) is 1. The van der Waals surface area contributed by atoms with E-state index in [1.165, 1.54) is 10.9 Å². The molecule has 0 spiro atoms. The van der Waals surface area contributed by atoms with Crippen molar-refractivity contribution < 1.29 is 8.42 Å². The summed E-state index contributed by atoms with van der Waals surface area (Å²) in [5, 5.41) is 1.04. The number of piperidine rings is 1. The summed E-state index contributed by atoms with van der Waals surface area (Å²) in [6, 6.07) is 4.05. The van der Waals surface area contributed by atoms with E-state index in [-0.39, 0.29) is 5.25 Å². The Bertz CT molecular complexity index is 800. The molecule has 124 valence electrons. The first-order chi connectivity index (χ1) is 11.1. The van der Waals surface area contributed by atoms with E-state index in [2.05, 4.69) is 23.0 Å². The monoisotopic (exact) mass is 333 g/mol. The van der Waals surface area contributed by atoms with E-state index in [1.54, 1.807) is 10.5 Å². The third-order valence-corrected chi connectivity index (χ3v) is 7.80. The van der Waals surface area contributed by atoms with E-state index in [1.807, 2.05) is 12.3 Å². The van der Waals surface area contributed by atoms with Gasteiger partial charge in [-0.15, -0.1) is 0 Å². The van der Waals surface area contributed by atoms with Crippen LogP contribution in [0.4, 0.5) is 0 Å². The molecule has 1 N–H and O–H groups in total. The normalized spacial score (nSPS) is 27.2. The summed E-state index contributed by atoms with van der Waals surface area (Å²) in [7, 11) is -3.08. The summed E-state index contributed by atoms with van der Waals surface area (Å²) in [5.74, 6) is 0.978. The minimum Gasteiger partial charge on any atom is -0.346 e. The van der Waals surface area contributed by atoms with E-state index in [0.717, 1.165) is 31.3 Å². The number of aromatic nitrogens is 2. The summed E-state index contributed by atoms with van der Waals surface area (Å²) in [5.41, 5.74) is 2.20. The van der Waals surface area contributed by atoms with Crippen molar-refractivity contribution in [2.45, 2.75) is 43.8 Å². The predicted molar refractivity (Wildman–Crippen MR) is 90.7 cm³/mol. The molecule has 2 aliphatic rings. The van der Waals surface area contributed by atoms with Gasteiger partial charge in [-0.3, -0.25) is 0 Å². The minimum atomic E-state index is -3.08. The molecule has 1 aliphatic carbocycles. The SMILES string of the molecule is CC1CC(S(=O)(=O)N2CCC(c3c[nH]c4ncccc34)CC2)C1. The van der Waals surface area contributed by atoms with E-state index >= 15 is 0 Å². The van der Waals surface area contributed by atoms with Gasteiger partial charge in [0.25, 0.3) is 0 Å². The van der Waals surface area contributed by atoms with Crippen molar-refractivity contribution in [3.8, 4) is 0 Å². The van der Waals surface area contributed by atoms with Crippen LogP contribution in [0.15, 0.2) is 24.5 Å². The van der Waals surface area contributed by atoms with Gasteiger partial charge >= 0.3 is 0 Å². The third-order valence-electron chi connectivity index (χ3n) is 5.49. The van der Waals surface area contributed by atoms with Gasteiger partial charge in [0, 0.05) is 30.9 Å². The first-order valence-electron chi connectivity index (χ1n) is 8.46. The molecule has 5 nitrogen and oxygen atoms in total. The van der Waals surface area contributed by atoms with Gasteiger partial charge in [0.1, 0.15) is 5.65 Å². The molecule has 1 saturated heterocycles. The molecule has 4 rings (SSSR count). The zero-order valence-electron chi connectivity index (χ0n) is 13.4. The van der Waals surface area contributed by atoms with Crippen molar-refractivity contribution >= 4 is 21.1 Å². The van der Waals surface area contributed by atoms with Crippen LogP contribution in [0, 0.1) is 5.92 Å². The van der Waals surface area contributed by atoms with Crippen molar-refractivity contribution in [2.24, 2.45) is 5.92 Å². The average Bonchev–Trinajstić information content (AvgIpc) is 2.96. The maximum atomic E-state index is 12.6. The number of nitrogens with zero attached hydrogens (tertiary/aromatic N) is 2. The van der Waals surface area contributed by atoms with Crippen LogP contribution >= 0.6 is 0 Å². The number of sulfonamides is 1. The average molecular weight is 333 g/mol. The summed E-state index contributed by atoms with van der Waals surface area (Å²) in [4.78, 5) is 7.56. The first-order valence-corrected chi connectivity index (χ1v) is 9.97. The molecule has 0 unspecified atom stereocenters. The standard InChI is InChI=1S/C17H23N3O2S/c1-12-9-14(10-12)23(21,22)20-7-4-13(5-8-20)16-11-19-17-15(16)3-2-6-18-17/h2-3,6,11-14H,4-5,7-10H2,1H3,(H,18,19). The summed E-state index contributed by atoms with van der Waals surface area (Å²) < 4.78 is 27.0. The summed E-state index contributed by atoms with van der Waals surface area (Å²) in [6.07, 6.45) is 7.27. The first kappa shape index (κ1) is 15.1. The fourth-order valence-electron chi connectivity index (χ4n) is 4.02. The van der Waals surface area contributed by atoms with Crippen LogP contribution in [-0.2, 0) is 10.0 Å². The highest BCUT2D eigenvalue weighted by Gasteiger charge is 2.41. The van der Waals surface area contributed by atoms with E-state index < -0.39 is 10.0 Å². The van der Waals surface area contributed by atoms with Gasteiger partial charge in [0.15, 0.2) is 0 Å². The topological polar surface area (TPSA) is 66.1 Å². The lowest BCUT2D eigenvalue weighted by Crippen LogP contribution is -2.47. The second-order valence-electron chi connectivity index (χ2n) is 7.06. The Morgan fingerprint density at radius 3 is 2.70 bits per heavy atom. The quantitative estimate of drug-likeness (QED) is 0.939. The predicted octanol–water partition coefficient (Wildman–Crippen LogP) is 2.87. The molecule has 1 saturated carbocycles. The number of fused-ring (bicyclic) bond motifs is 1. The molecule has 0 radical (unpaired) electrons. The molecule has 2 aromatic rings. The molecular weight excluding hydrogens is 310 g/mol. The molecular formula is C17H23N3O2S. The Labute approximate surface area is 137 Å². The molecule has 1 aliphatic heterocycles. The zero-order chi connectivity index (χ0) is 16.0.